The molecule has 24 heavy (non-hydrogen) atoms. The molecule has 1 amide bonds. The number of primary amides is 1. The van der Waals surface area contributed by atoms with E-state index in [-0.39, 0.29) is 5.91 Å². The molecular weight excluding hydrogens is 322 g/mol. The summed E-state index contributed by atoms with van der Waals surface area (Å²) in [5.74, 6) is 1.69. The number of nitrogens with zero attached hydrogens (tertiary/aromatic N) is 4. The highest BCUT2D eigenvalue weighted by molar-refractivity contribution is 7.19. The van der Waals surface area contributed by atoms with Crippen molar-refractivity contribution in [1.82, 2.24) is 14.9 Å². The van der Waals surface area contributed by atoms with E-state index in [1.807, 2.05) is 18.3 Å². The van der Waals surface area contributed by atoms with Crippen LogP contribution in [-0.4, -0.2) is 53.5 Å². The molecule has 0 atom stereocenters. The predicted octanol–water partition coefficient (Wildman–Crippen LogP) is 1.49. The lowest BCUT2D eigenvalue weighted by molar-refractivity contribution is -0.119. The van der Waals surface area contributed by atoms with Crippen molar-refractivity contribution >= 4 is 33.3 Å². The second-order valence-corrected chi connectivity index (χ2v) is 7.80. The minimum atomic E-state index is -0.251. The number of nitrogens with two attached hydrogens (primary N) is 1. The first-order valence-electron chi connectivity index (χ1n) is 8.66. The maximum Gasteiger partial charge on any atom is 0.231 e. The van der Waals surface area contributed by atoms with Crippen molar-refractivity contribution in [3.63, 3.8) is 0 Å². The maximum absolute atomic E-state index is 11.2. The molecule has 2 N–H and O–H groups in total. The number of hydrogen-bond donors (Lipinski definition) is 1. The Bertz CT molecular complexity index is 787. The zero-order chi connectivity index (χ0) is 16.7. The summed E-state index contributed by atoms with van der Waals surface area (Å²) in [4.78, 5) is 27.8. The fraction of sp³-hybridized carbons (Fsp3) is 0.588. The van der Waals surface area contributed by atoms with Crippen LogP contribution < -0.4 is 10.6 Å². The highest BCUT2D eigenvalue weighted by atomic mass is 32.1. The molecule has 1 aliphatic heterocycles. The van der Waals surface area contributed by atoms with E-state index in [2.05, 4.69) is 14.8 Å². The second kappa shape index (κ2) is 6.29. The summed E-state index contributed by atoms with van der Waals surface area (Å²) in [7, 11) is 0. The quantitative estimate of drug-likeness (QED) is 0.912. The van der Waals surface area contributed by atoms with E-state index in [0.29, 0.717) is 6.54 Å². The molecule has 1 saturated heterocycles. The molecule has 0 bridgehead atoms. The lowest BCUT2D eigenvalue weighted by atomic mass is 10.1. The van der Waals surface area contributed by atoms with Gasteiger partial charge in [0.1, 0.15) is 16.5 Å². The van der Waals surface area contributed by atoms with Crippen LogP contribution in [0.1, 0.15) is 29.1 Å². The molecule has 6 nitrogen and oxygen atoms in total. The van der Waals surface area contributed by atoms with E-state index < -0.39 is 0 Å². The molecule has 4 rings (SSSR count). The molecule has 0 aromatic carbocycles. The number of aromatic nitrogens is 2. The predicted molar refractivity (Wildman–Crippen MR) is 96.6 cm³/mol. The normalized spacial score (nSPS) is 18.8. The first kappa shape index (κ1) is 15.8. The molecule has 2 aromatic rings. The van der Waals surface area contributed by atoms with Crippen molar-refractivity contribution in [2.45, 2.75) is 32.6 Å². The Kier molecular flexibility index (Phi) is 4.14. The van der Waals surface area contributed by atoms with Gasteiger partial charge in [0.15, 0.2) is 0 Å². The van der Waals surface area contributed by atoms with Crippen LogP contribution >= 0.6 is 11.3 Å². The highest BCUT2D eigenvalue weighted by Crippen LogP contribution is 2.40. The van der Waals surface area contributed by atoms with Crippen LogP contribution in [0.5, 0.6) is 0 Å². The number of rotatable bonds is 3. The Morgan fingerprint density at radius 1 is 1.17 bits per heavy atom. The molecule has 7 heteroatoms. The fourth-order valence-electron chi connectivity index (χ4n) is 3.87. The molecule has 1 fully saturated rings. The second-order valence-electron chi connectivity index (χ2n) is 6.71. The van der Waals surface area contributed by atoms with Crippen molar-refractivity contribution in [1.29, 1.82) is 0 Å². The summed E-state index contributed by atoms with van der Waals surface area (Å²) >= 11 is 1.84. The molecule has 2 aliphatic rings. The Hall–Kier alpha value is -1.73. The zero-order valence-corrected chi connectivity index (χ0v) is 14.9. The monoisotopic (exact) mass is 345 g/mol. The summed E-state index contributed by atoms with van der Waals surface area (Å²) in [6, 6.07) is 0. The minimum absolute atomic E-state index is 0.251. The Morgan fingerprint density at radius 2 is 2.04 bits per heavy atom. The summed E-state index contributed by atoms with van der Waals surface area (Å²) in [6.45, 7) is 5.92. The van der Waals surface area contributed by atoms with E-state index in [4.69, 9.17) is 10.7 Å². The SMILES string of the molecule is Cc1nc(N2CCCN(CC(N)=O)CC2)c2c3c(sc2n1)CCC3. The number of aryl methyl sites for hydroxylation is 3. The van der Waals surface area contributed by atoms with Gasteiger partial charge in [0, 0.05) is 31.1 Å². The van der Waals surface area contributed by atoms with Gasteiger partial charge in [0.05, 0.1) is 11.9 Å². The van der Waals surface area contributed by atoms with Gasteiger partial charge in [0.25, 0.3) is 0 Å². The number of hydrogen-bond acceptors (Lipinski definition) is 6. The van der Waals surface area contributed by atoms with E-state index in [1.54, 1.807) is 0 Å². The van der Waals surface area contributed by atoms with E-state index in [9.17, 15) is 4.79 Å². The Balaban J connectivity index is 1.67. The van der Waals surface area contributed by atoms with Crippen LogP contribution in [0.3, 0.4) is 0 Å². The average molecular weight is 345 g/mol. The van der Waals surface area contributed by atoms with Gasteiger partial charge in [0.2, 0.25) is 5.91 Å². The number of carbonyl (C=O) groups is 1. The van der Waals surface area contributed by atoms with Crippen LogP contribution in [-0.2, 0) is 17.6 Å². The minimum Gasteiger partial charge on any atom is -0.369 e. The molecule has 3 heterocycles. The van der Waals surface area contributed by atoms with Gasteiger partial charge >= 0.3 is 0 Å². The van der Waals surface area contributed by atoms with Gasteiger partial charge in [-0.1, -0.05) is 0 Å². The topological polar surface area (TPSA) is 75.3 Å². The number of fused-ring (bicyclic) bond motifs is 3. The zero-order valence-electron chi connectivity index (χ0n) is 14.0. The van der Waals surface area contributed by atoms with E-state index >= 15 is 0 Å². The maximum atomic E-state index is 11.2. The van der Waals surface area contributed by atoms with Crippen LogP contribution in [0.25, 0.3) is 10.2 Å². The van der Waals surface area contributed by atoms with E-state index in [0.717, 1.165) is 55.5 Å². The van der Waals surface area contributed by atoms with Crippen molar-refractivity contribution in [3.05, 3.63) is 16.3 Å². The molecule has 128 valence electrons. The smallest absolute Gasteiger partial charge is 0.231 e. The van der Waals surface area contributed by atoms with Crippen LogP contribution in [0, 0.1) is 6.92 Å². The van der Waals surface area contributed by atoms with Crippen molar-refractivity contribution < 1.29 is 4.79 Å². The summed E-state index contributed by atoms with van der Waals surface area (Å²) < 4.78 is 0. The number of anilines is 1. The molecule has 1 aliphatic carbocycles. The van der Waals surface area contributed by atoms with Gasteiger partial charge in [-0.2, -0.15) is 0 Å². The molecule has 0 spiro atoms. The van der Waals surface area contributed by atoms with Crippen molar-refractivity contribution in [3.8, 4) is 0 Å². The number of thiophene rings is 1. The molecule has 0 radical (unpaired) electrons. The third-order valence-corrected chi connectivity index (χ3v) is 6.11. The average Bonchev–Trinajstić information content (AvgIpc) is 3.01. The Labute approximate surface area is 145 Å². The fourth-order valence-corrected chi connectivity index (χ4v) is 5.17. The first-order valence-corrected chi connectivity index (χ1v) is 9.48. The third-order valence-electron chi connectivity index (χ3n) is 4.92. The highest BCUT2D eigenvalue weighted by Gasteiger charge is 2.25. The van der Waals surface area contributed by atoms with Gasteiger partial charge in [-0.05, 0) is 38.2 Å². The van der Waals surface area contributed by atoms with Crippen LogP contribution in [0.15, 0.2) is 0 Å². The van der Waals surface area contributed by atoms with Gasteiger partial charge in [-0.25, -0.2) is 9.97 Å². The lowest BCUT2D eigenvalue weighted by Gasteiger charge is -2.23. The van der Waals surface area contributed by atoms with Crippen molar-refractivity contribution in [2.75, 3.05) is 37.6 Å². The molecule has 0 saturated carbocycles. The molecular formula is C17H23N5OS. The first-order chi connectivity index (χ1) is 11.6. The number of amides is 1. The molecule has 2 aromatic heterocycles. The summed E-state index contributed by atoms with van der Waals surface area (Å²) in [5.41, 5.74) is 6.82. The lowest BCUT2D eigenvalue weighted by Crippen LogP contribution is -2.37. The largest absolute Gasteiger partial charge is 0.369 e. The number of carbonyl (C=O) groups excluding carboxylic acids is 1. The van der Waals surface area contributed by atoms with Gasteiger partial charge < -0.3 is 10.6 Å². The summed E-state index contributed by atoms with van der Waals surface area (Å²) in [6.07, 6.45) is 4.60. The van der Waals surface area contributed by atoms with Gasteiger partial charge in [-0.3, -0.25) is 9.69 Å². The Morgan fingerprint density at radius 3 is 2.88 bits per heavy atom. The third kappa shape index (κ3) is 2.86. The van der Waals surface area contributed by atoms with E-state index in [1.165, 1.54) is 28.7 Å². The summed E-state index contributed by atoms with van der Waals surface area (Å²) in [5, 5.41) is 1.28. The van der Waals surface area contributed by atoms with Crippen molar-refractivity contribution in [2.24, 2.45) is 5.73 Å². The van der Waals surface area contributed by atoms with Crippen LogP contribution in [0.2, 0.25) is 0 Å². The van der Waals surface area contributed by atoms with Crippen LogP contribution in [0.4, 0.5) is 5.82 Å². The molecule has 0 unspecified atom stereocenters. The van der Waals surface area contributed by atoms with Gasteiger partial charge in [-0.15, -0.1) is 11.3 Å². The standard InChI is InChI=1S/C17H23N5OS/c1-11-19-16(15-12-4-2-5-13(12)24-17(15)20-11)22-7-3-6-21(8-9-22)10-14(18)23/h2-10H2,1H3,(H2,18,23).